The van der Waals surface area contributed by atoms with Crippen LogP contribution in [0.15, 0.2) is 36.9 Å². The molecule has 8 nitrogen and oxygen atoms in total. The molecule has 3 heterocycles. The second-order valence-electron chi connectivity index (χ2n) is 8.86. The highest BCUT2D eigenvalue weighted by Crippen LogP contribution is 2.25. The highest BCUT2D eigenvalue weighted by atomic mass is 19.1. The number of aromatic amines is 1. The summed E-state index contributed by atoms with van der Waals surface area (Å²) >= 11 is 0. The predicted octanol–water partition coefficient (Wildman–Crippen LogP) is 5.02. The van der Waals surface area contributed by atoms with Gasteiger partial charge in [-0.1, -0.05) is 32.8 Å². The van der Waals surface area contributed by atoms with Gasteiger partial charge in [-0.05, 0) is 44.2 Å². The van der Waals surface area contributed by atoms with E-state index in [0.29, 0.717) is 12.1 Å². The van der Waals surface area contributed by atoms with Crippen molar-refractivity contribution in [1.82, 2.24) is 25.3 Å². The van der Waals surface area contributed by atoms with E-state index in [2.05, 4.69) is 39.1 Å². The van der Waals surface area contributed by atoms with E-state index in [9.17, 15) is 9.18 Å². The van der Waals surface area contributed by atoms with Crippen LogP contribution in [0.3, 0.4) is 0 Å². The van der Waals surface area contributed by atoms with E-state index in [4.69, 9.17) is 4.74 Å². The lowest BCUT2D eigenvalue weighted by Gasteiger charge is -2.32. The molecule has 1 saturated heterocycles. The molecule has 35 heavy (non-hydrogen) atoms. The number of aromatic nitrogens is 4. The van der Waals surface area contributed by atoms with Crippen molar-refractivity contribution in [2.75, 3.05) is 18.0 Å². The van der Waals surface area contributed by atoms with Crippen molar-refractivity contribution in [3.63, 3.8) is 0 Å². The van der Waals surface area contributed by atoms with Crippen LogP contribution in [0.4, 0.5) is 10.3 Å². The molecule has 1 aliphatic rings. The van der Waals surface area contributed by atoms with Gasteiger partial charge in [-0.3, -0.25) is 4.79 Å². The van der Waals surface area contributed by atoms with Crippen LogP contribution in [0.1, 0.15) is 65.7 Å². The first-order valence-electron chi connectivity index (χ1n) is 12.6. The van der Waals surface area contributed by atoms with Crippen LogP contribution in [-0.4, -0.2) is 51.1 Å². The first-order chi connectivity index (χ1) is 17.0. The van der Waals surface area contributed by atoms with E-state index in [1.807, 2.05) is 23.1 Å². The summed E-state index contributed by atoms with van der Waals surface area (Å²) in [4.78, 5) is 28.2. The Morgan fingerprint density at radius 3 is 2.60 bits per heavy atom. The topological polar surface area (TPSA) is 96.0 Å². The van der Waals surface area contributed by atoms with Gasteiger partial charge < -0.3 is 19.9 Å². The quantitative estimate of drug-likeness (QED) is 0.414. The zero-order valence-electron chi connectivity index (χ0n) is 21.0. The normalized spacial score (nSPS) is 14.8. The summed E-state index contributed by atoms with van der Waals surface area (Å²) in [5, 5.41) is 2.90. The number of hydrogen-bond donors (Lipinski definition) is 2. The Labute approximate surface area is 206 Å². The summed E-state index contributed by atoms with van der Waals surface area (Å²) in [5.41, 5.74) is 1.97. The van der Waals surface area contributed by atoms with Gasteiger partial charge in [0.25, 0.3) is 0 Å². The number of carbonyl (C=O) groups is 1. The first-order valence-corrected chi connectivity index (χ1v) is 12.6. The zero-order chi connectivity index (χ0) is 25.0. The molecule has 2 aromatic heterocycles. The number of unbranched alkanes of at least 4 members (excludes halogenated alkanes) is 2. The molecule has 1 aromatic carbocycles. The molecule has 1 atom stereocenters. The van der Waals surface area contributed by atoms with Crippen molar-refractivity contribution >= 4 is 22.9 Å². The third-order valence-corrected chi connectivity index (χ3v) is 6.08. The number of carbonyl (C=O) groups excluding carboxylic acids is 1. The van der Waals surface area contributed by atoms with E-state index in [-0.39, 0.29) is 11.9 Å². The molecule has 0 spiro atoms. The van der Waals surface area contributed by atoms with Crippen molar-refractivity contribution in [3.8, 4) is 5.75 Å². The molecular formula is C26H37FN6O2. The van der Waals surface area contributed by atoms with Crippen LogP contribution >= 0.6 is 0 Å². The van der Waals surface area contributed by atoms with Crippen molar-refractivity contribution in [2.24, 2.45) is 0 Å². The minimum atomic E-state index is -0.429. The maximum absolute atomic E-state index is 12.7. The molecule has 0 radical (unpaired) electrons. The SMILES string of the molecule is CC(=O)NC1CCN(c2ncc(F)cn2)CC1.CCCCCC(CC)Oc1cccc2[nH]cnc12. The molecular weight excluding hydrogens is 447 g/mol. The lowest BCUT2D eigenvalue weighted by Crippen LogP contribution is -2.44. The third-order valence-electron chi connectivity index (χ3n) is 6.08. The number of fused-ring (bicyclic) bond motifs is 1. The molecule has 1 unspecified atom stereocenters. The van der Waals surface area contributed by atoms with Gasteiger partial charge >= 0.3 is 0 Å². The Morgan fingerprint density at radius 1 is 1.20 bits per heavy atom. The average molecular weight is 485 g/mol. The second-order valence-corrected chi connectivity index (χ2v) is 8.86. The fourth-order valence-electron chi connectivity index (χ4n) is 4.16. The van der Waals surface area contributed by atoms with Crippen LogP contribution in [0.25, 0.3) is 11.0 Å². The number of H-pyrrole nitrogens is 1. The Hall–Kier alpha value is -3.23. The maximum atomic E-state index is 12.7. The summed E-state index contributed by atoms with van der Waals surface area (Å²) in [7, 11) is 0. The number of nitrogens with zero attached hydrogens (tertiary/aromatic N) is 4. The van der Waals surface area contributed by atoms with E-state index >= 15 is 0 Å². The van der Waals surface area contributed by atoms with Gasteiger partial charge in [-0.25, -0.2) is 19.3 Å². The van der Waals surface area contributed by atoms with Crippen molar-refractivity contribution in [2.45, 2.75) is 77.9 Å². The number of benzene rings is 1. The number of halogens is 1. The zero-order valence-corrected chi connectivity index (χ0v) is 21.0. The van der Waals surface area contributed by atoms with E-state index in [1.54, 1.807) is 6.33 Å². The third kappa shape index (κ3) is 8.19. The summed E-state index contributed by atoms with van der Waals surface area (Å²) in [5.74, 6) is 1.02. The molecule has 190 valence electrons. The molecule has 1 amide bonds. The van der Waals surface area contributed by atoms with Gasteiger partial charge in [0.05, 0.1) is 30.3 Å². The number of nitrogens with one attached hydrogen (secondary N) is 2. The number of amides is 1. The molecule has 0 aliphatic carbocycles. The maximum Gasteiger partial charge on any atom is 0.225 e. The largest absolute Gasteiger partial charge is 0.488 e. The van der Waals surface area contributed by atoms with E-state index < -0.39 is 5.82 Å². The van der Waals surface area contributed by atoms with Gasteiger partial charge in [0.15, 0.2) is 5.82 Å². The average Bonchev–Trinajstić information content (AvgIpc) is 3.35. The van der Waals surface area contributed by atoms with Crippen LogP contribution in [0, 0.1) is 5.82 Å². The highest BCUT2D eigenvalue weighted by molar-refractivity contribution is 5.81. The van der Waals surface area contributed by atoms with Gasteiger partial charge in [0.1, 0.15) is 11.3 Å². The number of piperidine rings is 1. The predicted molar refractivity (Wildman–Crippen MR) is 136 cm³/mol. The smallest absolute Gasteiger partial charge is 0.225 e. The van der Waals surface area contributed by atoms with Crippen molar-refractivity contribution < 1.29 is 13.9 Å². The molecule has 0 saturated carbocycles. The highest BCUT2D eigenvalue weighted by Gasteiger charge is 2.21. The van der Waals surface area contributed by atoms with Crippen molar-refractivity contribution in [1.29, 1.82) is 0 Å². The van der Waals surface area contributed by atoms with Gasteiger partial charge in [-0.15, -0.1) is 0 Å². The summed E-state index contributed by atoms with van der Waals surface area (Å²) in [6, 6.07) is 6.26. The lowest BCUT2D eigenvalue weighted by molar-refractivity contribution is -0.119. The Bertz CT molecular complexity index is 1030. The molecule has 9 heteroatoms. The minimum absolute atomic E-state index is 0.00137. The number of ether oxygens (including phenoxy) is 1. The summed E-state index contributed by atoms with van der Waals surface area (Å²) in [6.45, 7) is 7.48. The van der Waals surface area contributed by atoms with Gasteiger partial charge in [0, 0.05) is 26.1 Å². The number of imidazole rings is 1. The first kappa shape index (κ1) is 26.4. The van der Waals surface area contributed by atoms with Crippen LogP contribution in [0.5, 0.6) is 5.75 Å². The monoisotopic (exact) mass is 484 g/mol. The lowest BCUT2D eigenvalue weighted by atomic mass is 10.1. The van der Waals surface area contributed by atoms with Crippen molar-refractivity contribution in [3.05, 3.63) is 42.7 Å². The number of hydrogen-bond acceptors (Lipinski definition) is 6. The molecule has 4 rings (SSSR count). The molecule has 2 N–H and O–H groups in total. The van der Waals surface area contributed by atoms with Gasteiger partial charge in [-0.2, -0.15) is 0 Å². The molecule has 1 fully saturated rings. The Balaban J connectivity index is 0.000000196. The number of para-hydroxylation sites is 1. The van der Waals surface area contributed by atoms with Gasteiger partial charge in [0.2, 0.25) is 11.9 Å². The number of rotatable bonds is 9. The second kappa shape index (κ2) is 13.6. The standard InChI is InChI=1S/C15H22N2O.C11H15FN4O/c1-3-5-6-8-12(4-2)18-14-10-7-9-13-15(14)17-11-16-13;1-8(17)15-10-2-4-16(5-3-10)11-13-6-9(12)7-14-11/h7,9-12H,3-6,8H2,1-2H3,(H,16,17);6-7,10H,2-5H2,1H3,(H,15,17). The van der Waals surface area contributed by atoms with E-state index in [1.165, 1.54) is 38.6 Å². The fraction of sp³-hybridized carbons (Fsp3) is 0.538. The van der Waals surface area contributed by atoms with Crippen LogP contribution in [-0.2, 0) is 4.79 Å². The number of anilines is 1. The van der Waals surface area contributed by atoms with Crippen LogP contribution < -0.4 is 15.0 Å². The minimum Gasteiger partial charge on any atom is -0.488 e. The van der Waals surface area contributed by atoms with E-state index in [0.717, 1.165) is 55.6 Å². The molecule has 3 aromatic rings. The Morgan fingerprint density at radius 2 is 1.94 bits per heavy atom. The Kier molecular flexibility index (Phi) is 10.3. The fourth-order valence-corrected chi connectivity index (χ4v) is 4.16. The summed E-state index contributed by atoms with van der Waals surface area (Å²) in [6.07, 6.45) is 12.0. The molecule has 1 aliphatic heterocycles. The van der Waals surface area contributed by atoms with Crippen LogP contribution in [0.2, 0.25) is 0 Å². The summed E-state index contributed by atoms with van der Waals surface area (Å²) < 4.78 is 18.8. The molecule has 0 bridgehead atoms.